The van der Waals surface area contributed by atoms with Gasteiger partial charge in [-0.15, -0.1) is 11.3 Å². The van der Waals surface area contributed by atoms with Crippen molar-refractivity contribution in [2.24, 2.45) is 17.8 Å². The van der Waals surface area contributed by atoms with Crippen LogP contribution in [0.4, 0.5) is 5.00 Å². The summed E-state index contributed by atoms with van der Waals surface area (Å²) in [5, 5.41) is 12.9. The van der Waals surface area contributed by atoms with E-state index in [9.17, 15) is 19.5 Å². The molecule has 0 unspecified atom stereocenters. The predicted octanol–water partition coefficient (Wildman–Crippen LogP) is 4.27. The Balaban J connectivity index is 1.89. The maximum absolute atomic E-state index is 12.9. The fourth-order valence-corrected chi connectivity index (χ4v) is 5.67. The van der Waals surface area contributed by atoms with Gasteiger partial charge in [0.15, 0.2) is 0 Å². The maximum Gasteiger partial charge on any atom is 0.341 e. The number of fused-ring (bicyclic) bond motifs is 1. The lowest BCUT2D eigenvalue weighted by Crippen LogP contribution is -2.36. The van der Waals surface area contributed by atoms with Crippen LogP contribution < -0.4 is 5.32 Å². The van der Waals surface area contributed by atoms with E-state index in [1.165, 1.54) is 11.3 Å². The fraction of sp³-hybridized carbons (Fsp3) is 0.667. The van der Waals surface area contributed by atoms with Gasteiger partial charge in [-0.05, 0) is 57.4 Å². The number of hydrogen-bond acceptors (Lipinski definition) is 5. The van der Waals surface area contributed by atoms with Gasteiger partial charge in [0.25, 0.3) is 0 Å². The summed E-state index contributed by atoms with van der Waals surface area (Å²) in [6.45, 7) is 5.79. The summed E-state index contributed by atoms with van der Waals surface area (Å²) in [4.78, 5) is 38.4. The van der Waals surface area contributed by atoms with Crippen molar-refractivity contribution in [3.8, 4) is 0 Å². The van der Waals surface area contributed by atoms with Crippen molar-refractivity contribution in [3.05, 3.63) is 16.0 Å². The van der Waals surface area contributed by atoms with Gasteiger partial charge in [0, 0.05) is 4.88 Å². The van der Waals surface area contributed by atoms with E-state index in [0.29, 0.717) is 29.3 Å². The molecule has 0 aliphatic heterocycles. The van der Waals surface area contributed by atoms with E-state index in [1.807, 2.05) is 0 Å². The number of thiophene rings is 1. The Morgan fingerprint density at radius 3 is 2.46 bits per heavy atom. The molecule has 2 aliphatic carbocycles. The minimum Gasteiger partial charge on any atom is -0.481 e. The summed E-state index contributed by atoms with van der Waals surface area (Å²) in [6.07, 6.45) is 5.21. The number of carbonyl (C=O) groups excluding carboxylic acids is 2. The average Bonchev–Trinajstić information content (AvgIpc) is 2.97. The first-order chi connectivity index (χ1) is 13.3. The van der Waals surface area contributed by atoms with Gasteiger partial charge in [0.1, 0.15) is 5.00 Å². The maximum atomic E-state index is 12.9. The molecule has 1 aromatic heterocycles. The average molecular weight is 408 g/mol. The minimum absolute atomic E-state index is 0.246. The summed E-state index contributed by atoms with van der Waals surface area (Å²) in [5.41, 5.74) is 1.46. The lowest BCUT2D eigenvalue weighted by atomic mass is 9.78. The van der Waals surface area contributed by atoms with Crippen LogP contribution in [0.3, 0.4) is 0 Å². The zero-order valence-electron chi connectivity index (χ0n) is 16.7. The summed E-state index contributed by atoms with van der Waals surface area (Å²) in [7, 11) is 0. The SMILES string of the molecule is CC(C)OC(=O)c1c(NC(=O)[C@H]2CCCC[C@@H]2C(=O)O)sc2c1CC[C@H](C)C2. The number of rotatable bonds is 5. The Morgan fingerprint density at radius 1 is 1.14 bits per heavy atom. The van der Waals surface area contributed by atoms with Gasteiger partial charge < -0.3 is 15.2 Å². The molecule has 3 rings (SSSR count). The number of nitrogens with one attached hydrogen (secondary N) is 1. The van der Waals surface area contributed by atoms with Crippen LogP contribution in [0.15, 0.2) is 0 Å². The van der Waals surface area contributed by atoms with Crippen LogP contribution >= 0.6 is 11.3 Å². The first-order valence-corrected chi connectivity index (χ1v) is 11.0. The molecule has 3 atom stereocenters. The van der Waals surface area contributed by atoms with Gasteiger partial charge in [-0.3, -0.25) is 9.59 Å². The van der Waals surface area contributed by atoms with Crippen LogP contribution in [0.2, 0.25) is 0 Å². The van der Waals surface area contributed by atoms with Gasteiger partial charge in [-0.25, -0.2) is 4.79 Å². The molecule has 1 saturated carbocycles. The molecular formula is C21H29NO5S. The largest absolute Gasteiger partial charge is 0.481 e. The van der Waals surface area contributed by atoms with Gasteiger partial charge in [0.05, 0.1) is 23.5 Å². The van der Waals surface area contributed by atoms with Crippen LogP contribution in [-0.2, 0) is 27.2 Å². The third-order valence-electron chi connectivity index (χ3n) is 5.72. The van der Waals surface area contributed by atoms with E-state index in [-0.39, 0.29) is 12.0 Å². The number of esters is 1. The van der Waals surface area contributed by atoms with Crippen molar-refractivity contribution in [2.45, 2.75) is 71.8 Å². The molecule has 1 amide bonds. The number of carboxylic acids is 1. The second-order valence-electron chi connectivity index (χ2n) is 8.33. The highest BCUT2D eigenvalue weighted by Gasteiger charge is 2.37. The first kappa shape index (κ1) is 20.8. The Hall–Kier alpha value is -1.89. The van der Waals surface area contributed by atoms with Crippen LogP contribution in [-0.4, -0.2) is 29.1 Å². The molecule has 0 radical (unpaired) electrons. The van der Waals surface area contributed by atoms with E-state index in [2.05, 4.69) is 12.2 Å². The quantitative estimate of drug-likeness (QED) is 0.711. The number of anilines is 1. The number of hydrogen-bond donors (Lipinski definition) is 2. The van der Waals surface area contributed by atoms with Gasteiger partial charge in [-0.1, -0.05) is 19.8 Å². The second kappa shape index (κ2) is 8.64. The molecule has 1 aromatic rings. The zero-order chi connectivity index (χ0) is 20.4. The summed E-state index contributed by atoms with van der Waals surface area (Å²) in [5.74, 6) is -2.29. The van der Waals surface area contributed by atoms with Crippen LogP contribution in [0.5, 0.6) is 0 Å². The molecule has 2 N–H and O–H groups in total. The van der Waals surface area contributed by atoms with Crippen LogP contribution in [0.1, 0.15) is 73.7 Å². The molecule has 1 heterocycles. The minimum atomic E-state index is -0.918. The third-order valence-corrected chi connectivity index (χ3v) is 6.88. The number of amides is 1. The van der Waals surface area contributed by atoms with Gasteiger partial charge in [0.2, 0.25) is 5.91 Å². The summed E-state index contributed by atoms with van der Waals surface area (Å²) < 4.78 is 5.44. The van der Waals surface area contributed by atoms with Crippen molar-refractivity contribution < 1.29 is 24.2 Å². The molecule has 0 spiro atoms. The molecule has 154 valence electrons. The predicted molar refractivity (Wildman–Crippen MR) is 108 cm³/mol. The van der Waals surface area contributed by atoms with E-state index >= 15 is 0 Å². The molecular weight excluding hydrogens is 378 g/mol. The standard InChI is InChI=1S/C21H29NO5S/c1-11(2)27-21(26)17-15-9-8-12(3)10-16(15)28-19(17)22-18(23)13-6-4-5-7-14(13)20(24)25/h11-14H,4-10H2,1-3H3,(H,22,23)(H,24,25)/t12-,13-,14-/m0/s1. The molecule has 0 saturated heterocycles. The Labute approximate surface area is 169 Å². The monoisotopic (exact) mass is 407 g/mol. The zero-order valence-corrected chi connectivity index (χ0v) is 17.6. The summed E-state index contributed by atoms with van der Waals surface area (Å²) >= 11 is 1.44. The molecule has 2 aliphatic rings. The first-order valence-electron chi connectivity index (χ1n) is 10.2. The van der Waals surface area contributed by atoms with E-state index < -0.39 is 23.8 Å². The number of aliphatic carboxylic acids is 1. The second-order valence-corrected chi connectivity index (χ2v) is 9.44. The van der Waals surface area contributed by atoms with Crippen LogP contribution in [0.25, 0.3) is 0 Å². The molecule has 6 nitrogen and oxygen atoms in total. The smallest absolute Gasteiger partial charge is 0.341 e. The Kier molecular flexibility index (Phi) is 6.43. The fourth-order valence-electron chi connectivity index (χ4n) is 4.27. The highest BCUT2D eigenvalue weighted by atomic mass is 32.1. The lowest BCUT2D eigenvalue weighted by Gasteiger charge is -2.27. The van der Waals surface area contributed by atoms with Crippen molar-refractivity contribution in [2.75, 3.05) is 5.32 Å². The van der Waals surface area contributed by atoms with E-state index in [1.54, 1.807) is 13.8 Å². The Bertz CT molecular complexity index is 769. The lowest BCUT2D eigenvalue weighted by molar-refractivity contribution is -0.147. The van der Waals surface area contributed by atoms with Crippen molar-refractivity contribution in [1.29, 1.82) is 0 Å². The Morgan fingerprint density at radius 2 is 1.82 bits per heavy atom. The van der Waals surface area contributed by atoms with Gasteiger partial charge in [-0.2, -0.15) is 0 Å². The van der Waals surface area contributed by atoms with Crippen molar-refractivity contribution in [1.82, 2.24) is 0 Å². The highest BCUT2D eigenvalue weighted by Crippen LogP contribution is 2.41. The molecule has 1 fully saturated rings. The molecule has 0 aromatic carbocycles. The molecule has 7 heteroatoms. The number of carboxylic acid groups (broad SMARTS) is 1. The highest BCUT2D eigenvalue weighted by molar-refractivity contribution is 7.17. The molecule has 0 bridgehead atoms. The van der Waals surface area contributed by atoms with Crippen molar-refractivity contribution in [3.63, 3.8) is 0 Å². The molecule has 28 heavy (non-hydrogen) atoms. The topological polar surface area (TPSA) is 92.7 Å². The normalized spacial score (nSPS) is 24.5. The number of carbonyl (C=O) groups is 3. The van der Waals surface area contributed by atoms with Crippen molar-refractivity contribution >= 4 is 34.2 Å². The van der Waals surface area contributed by atoms with Gasteiger partial charge >= 0.3 is 11.9 Å². The summed E-state index contributed by atoms with van der Waals surface area (Å²) in [6, 6.07) is 0. The van der Waals surface area contributed by atoms with Crippen LogP contribution in [0, 0.1) is 17.8 Å². The van der Waals surface area contributed by atoms with E-state index in [0.717, 1.165) is 42.5 Å². The third kappa shape index (κ3) is 4.40. The van der Waals surface area contributed by atoms with E-state index in [4.69, 9.17) is 4.74 Å². The number of ether oxygens (including phenoxy) is 1.